The summed E-state index contributed by atoms with van der Waals surface area (Å²) in [5.41, 5.74) is 6.71. The monoisotopic (exact) mass is 579 g/mol. The van der Waals surface area contributed by atoms with Crippen LogP contribution in [0.4, 0.5) is 0 Å². The summed E-state index contributed by atoms with van der Waals surface area (Å²) < 4.78 is 14.2. The van der Waals surface area contributed by atoms with Gasteiger partial charge in [-0.25, -0.2) is 9.97 Å². The SMILES string of the molecule is c1ccc2c(c1)oc1ccc(-c3nc(-c4cnc5oc6ccccc6c5c4)nc(-n4c5ccccc5c5ccccc54)n3)cc12. The highest BCUT2D eigenvalue weighted by atomic mass is 16.3. The normalized spacial score (nSPS) is 12.0. The summed E-state index contributed by atoms with van der Waals surface area (Å²) >= 11 is 0. The smallest absolute Gasteiger partial charge is 0.238 e. The Hall–Kier alpha value is -6.34. The predicted molar refractivity (Wildman–Crippen MR) is 177 cm³/mol. The van der Waals surface area contributed by atoms with Crippen molar-refractivity contribution in [3.63, 3.8) is 0 Å². The summed E-state index contributed by atoms with van der Waals surface area (Å²) in [4.78, 5) is 19.9. The van der Waals surface area contributed by atoms with E-state index >= 15 is 0 Å². The van der Waals surface area contributed by atoms with E-state index in [2.05, 4.69) is 64.1 Å². The van der Waals surface area contributed by atoms with Gasteiger partial charge in [-0.05, 0) is 48.5 Å². The Labute approximate surface area is 255 Å². The molecular weight excluding hydrogens is 558 g/mol. The van der Waals surface area contributed by atoms with E-state index in [1.54, 1.807) is 6.20 Å². The van der Waals surface area contributed by atoms with Crippen molar-refractivity contribution in [1.82, 2.24) is 24.5 Å². The Bertz CT molecular complexity index is 2600. The van der Waals surface area contributed by atoms with E-state index in [9.17, 15) is 0 Å². The van der Waals surface area contributed by atoms with E-state index in [1.807, 2.05) is 66.7 Å². The number of nitrogens with zero attached hydrogens (tertiary/aromatic N) is 5. The highest BCUT2D eigenvalue weighted by Gasteiger charge is 2.19. The highest BCUT2D eigenvalue weighted by molar-refractivity contribution is 6.09. The number of furan rings is 2. The Balaban J connectivity index is 1.26. The van der Waals surface area contributed by atoms with E-state index in [0.717, 1.165) is 71.2 Å². The van der Waals surface area contributed by atoms with Crippen LogP contribution in [0.1, 0.15) is 0 Å². The van der Waals surface area contributed by atoms with Gasteiger partial charge < -0.3 is 8.83 Å². The van der Waals surface area contributed by atoms with Crippen molar-refractivity contribution >= 4 is 65.8 Å². The molecule has 0 spiro atoms. The van der Waals surface area contributed by atoms with Gasteiger partial charge in [0, 0.05) is 49.6 Å². The number of para-hydroxylation sites is 4. The molecule has 0 unspecified atom stereocenters. The van der Waals surface area contributed by atoms with Crippen LogP contribution in [0.25, 0.3) is 94.5 Å². The maximum atomic E-state index is 6.11. The molecule has 0 amide bonds. The van der Waals surface area contributed by atoms with Crippen LogP contribution in [0.2, 0.25) is 0 Å². The van der Waals surface area contributed by atoms with Gasteiger partial charge >= 0.3 is 0 Å². The topological polar surface area (TPSA) is 82.8 Å². The molecule has 5 aromatic carbocycles. The minimum Gasteiger partial charge on any atom is -0.456 e. The minimum atomic E-state index is 0.522. The molecule has 210 valence electrons. The predicted octanol–water partition coefficient (Wildman–Crippen LogP) is 9.50. The van der Waals surface area contributed by atoms with E-state index in [4.69, 9.17) is 23.8 Å². The number of hydrogen-bond donors (Lipinski definition) is 0. The Morgan fingerprint density at radius 2 is 1.00 bits per heavy atom. The Morgan fingerprint density at radius 1 is 0.444 bits per heavy atom. The van der Waals surface area contributed by atoms with Gasteiger partial charge in [0.05, 0.1) is 11.0 Å². The first-order valence-corrected chi connectivity index (χ1v) is 14.7. The molecule has 0 aliphatic carbocycles. The van der Waals surface area contributed by atoms with Crippen molar-refractivity contribution in [3.05, 3.63) is 128 Å². The van der Waals surface area contributed by atoms with Crippen molar-refractivity contribution in [3.8, 4) is 28.7 Å². The molecule has 45 heavy (non-hydrogen) atoms. The first kappa shape index (κ1) is 24.1. The Kier molecular flexibility index (Phi) is 4.87. The number of aromatic nitrogens is 5. The molecule has 0 saturated heterocycles. The van der Waals surface area contributed by atoms with Gasteiger partial charge in [0.25, 0.3) is 0 Å². The van der Waals surface area contributed by atoms with Gasteiger partial charge in [-0.2, -0.15) is 9.97 Å². The van der Waals surface area contributed by atoms with Crippen LogP contribution in [0.15, 0.2) is 136 Å². The summed E-state index contributed by atoms with van der Waals surface area (Å²) in [6, 6.07) is 40.8. The van der Waals surface area contributed by atoms with Gasteiger partial charge in [0.1, 0.15) is 16.7 Å². The largest absolute Gasteiger partial charge is 0.456 e. The van der Waals surface area contributed by atoms with E-state index < -0.39 is 0 Å². The van der Waals surface area contributed by atoms with E-state index in [1.165, 1.54) is 0 Å². The van der Waals surface area contributed by atoms with Crippen molar-refractivity contribution in [2.24, 2.45) is 0 Å². The Morgan fingerprint density at radius 3 is 1.73 bits per heavy atom. The van der Waals surface area contributed by atoms with Gasteiger partial charge in [0.15, 0.2) is 11.6 Å². The molecule has 0 radical (unpaired) electrons. The summed E-state index contributed by atoms with van der Waals surface area (Å²) in [5.74, 6) is 1.61. The summed E-state index contributed by atoms with van der Waals surface area (Å²) in [5, 5.41) is 6.24. The highest BCUT2D eigenvalue weighted by Crippen LogP contribution is 2.35. The zero-order valence-corrected chi connectivity index (χ0v) is 23.7. The van der Waals surface area contributed by atoms with Gasteiger partial charge in [-0.3, -0.25) is 4.57 Å². The second-order valence-electron chi connectivity index (χ2n) is 11.1. The fourth-order valence-corrected chi connectivity index (χ4v) is 6.46. The zero-order chi connectivity index (χ0) is 29.5. The molecule has 0 N–H and O–H groups in total. The first-order valence-electron chi connectivity index (χ1n) is 14.7. The molecule has 0 saturated carbocycles. The van der Waals surface area contributed by atoms with E-state index in [-0.39, 0.29) is 0 Å². The quantitative estimate of drug-likeness (QED) is 0.207. The van der Waals surface area contributed by atoms with Crippen LogP contribution in [0.3, 0.4) is 0 Å². The maximum Gasteiger partial charge on any atom is 0.238 e. The van der Waals surface area contributed by atoms with Gasteiger partial charge in [0.2, 0.25) is 11.7 Å². The van der Waals surface area contributed by atoms with Crippen LogP contribution < -0.4 is 0 Å². The fourth-order valence-electron chi connectivity index (χ4n) is 6.46. The average Bonchev–Trinajstić information content (AvgIpc) is 3.77. The lowest BCUT2D eigenvalue weighted by Crippen LogP contribution is -2.06. The molecular formula is C38H21N5O2. The molecule has 10 rings (SSSR count). The maximum absolute atomic E-state index is 6.11. The first-order chi connectivity index (χ1) is 22.3. The summed E-state index contributed by atoms with van der Waals surface area (Å²) in [7, 11) is 0. The second-order valence-corrected chi connectivity index (χ2v) is 11.1. The number of hydrogen-bond acceptors (Lipinski definition) is 6. The standard InChI is InChI=1S/C38H21N5O2/c1-5-13-30-24(9-1)25-10-2-6-14-31(25)43(30)38-41-35(22-17-18-34-28(19-22)26-11-3-7-15-32(26)44-34)40-36(42-38)23-20-29-27-12-4-8-16-33(27)45-37(29)39-21-23/h1-21H. The lowest BCUT2D eigenvalue weighted by molar-refractivity contribution is 0.654. The van der Waals surface area contributed by atoms with Crippen LogP contribution in [0.5, 0.6) is 0 Å². The lowest BCUT2D eigenvalue weighted by Gasteiger charge is -2.11. The van der Waals surface area contributed by atoms with Crippen molar-refractivity contribution in [1.29, 1.82) is 0 Å². The number of benzene rings is 5. The van der Waals surface area contributed by atoms with Crippen LogP contribution in [-0.4, -0.2) is 24.5 Å². The molecule has 7 nitrogen and oxygen atoms in total. The third-order valence-electron chi connectivity index (χ3n) is 8.53. The van der Waals surface area contributed by atoms with Gasteiger partial charge in [-0.1, -0.05) is 72.8 Å². The molecule has 7 heteroatoms. The third kappa shape index (κ3) is 3.58. The van der Waals surface area contributed by atoms with Crippen molar-refractivity contribution in [2.75, 3.05) is 0 Å². The molecule has 10 aromatic rings. The molecule has 0 aliphatic rings. The lowest BCUT2D eigenvalue weighted by atomic mass is 10.1. The number of rotatable bonds is 3. The van der Waals surface area contributed by atoms with E-state index in [0.29, 0.717) is 23.3 Å². The number of pyridine rings is 1. The zero-order valence-electron chi connectivity index (χ0n) is 23.7. The van der Waals surface area contributed by atoms with Crippen LogP contribution >= 0.6 is 0 Å². The van der Waals surface area contributed by atoms with Crippen molar-refractivity contribution in [2.45, 2.75) is 0 Å². The molecule has 5 heterocycles. The third-order valence-corrected chi connectivity index (χ3v) is 8.53. The molecule has 0 bridgehead atoms. The van der Waals surface area contributed by atoms with Crippen LogP contribution in [0, 0.1) is 0 Å². The fraction of sp³-hybridized carbons (Fsp3) is 0. The van der Waals surface area contributed by atoms with Crippen molar-refractivity contribution < 1.29 is 8.83 Å². The molecule has 0 aliphatic heterocycles. The van der Waals surface area contributed by atoms with Gasteiger partial charge in [-0.15, -0.1) is 0 Å². The molecule has 0 fully saturated rings. The summed E-state index contributed by atoms with van der Waals surface area (Å²) in [6.45, 7) is 0. The second kappa shape index (κ2) is 9.08. The molecule has 5 aromatic heterocycles. The number of fused-ring (bicyclic) bond motifs is 9. The molecule has 0 atom stereocenters. The average molecular weight is 580 g/mol. The van der Waals surface area contributed by atoms with Crippen LogP contribution in [-0.2, 0) is 0 Å². The minimum absolute atomic E-state index is 0.522. The summed E-state index contributed by atoms with van der Waals surface area (Å²) in [6.07, 6.45) is 1.77.